The lowest BCUT2D eigenvalue weighted by Crippen LogP contribution is -2.19. The number of aliphatic hydroxyl groups excluding tert-OH is 1. The zero-order valence-electron chi connectivity index (χ0n) is 12.6. The van der Waals surface area contributed by atoms with Crippen LogP contribution in [-0.2, 0) is 4.74 Å². The number of aliphatic hydroxyl groups is 1. The minimum atomic E-state index is -4.28. The van der Waals surface area contributed by atoms with Crippen LogP contribution in [-0.4, -0.2) is 30.6 Å². The third-order valence-corrected chi connectivity index (χ3v) is 3.25. The molecule has 122 valence electrons. The molecule has 0 aromatic rings. The molecular formula is C15H29F3O2. The van der Waals surface area contributed by atoms with Crippen molar-refractivity contribution in [2.75, 3.05) is 13.2 Å². The van der Waals surface area contributed by atoms with Crippen molar-refractivity contribution in [1.82, 2.24) is 0 Å². The third kappa shape index (κ3) is 15.8. The fraction of sp³-hybridized carbons (Fsp3) is 1.00. The van der Waals surface area contributed by atoms with E-state index < -0.39 is 18.9 Å². The van der Waals surface area contributed by atoms with Crippen LogP contribution in [0.5, 0.6) is 0 Å². The quantitative estimate of drug-likeness (QED) is 0.493. The molecule has 0 radical (unpaired) electrons. The Bertz CT molecular complexity index is 208. The molecule has 0 bridgehead atoms. The van der Waals surface area contributed by atoms with E-state index >= 15 is 0 Å². The summed E-state index contributed by atoms with van der Waals surface area (Å²) in [6, 6.07) is 0. The molecule has 0 aromatic heterocycles. The molecule has 20 heavy (non-hydrogen) atoms. The van der Waals surface area contributed by atoms with Gasteiger partial charge in [0, 0.05) is 6.61 Å². The Kier molecular flexibility index (Phi) is 12.3. The molecule has 0 aliphatic rings. The molecule has 0 saturated heterocycles. The topological polar surface area (TPSA) is 29.5 Å². The summed E-state index contributed by atoms with van der Waals surface area (Å²) in [6.45, 7) is 0.939. The van der Waals surface area contributed by atoms with Crippen molar-refractivity contribution >= 4 is 0 Å². The summed E-state index contributed by atoms with van der Waals surface area (Å²) < 4.78 is 39.8. The van der Waals surface area contributed by atoms with Crippen LogP contribution in [0.15, 0.2) is 0 Å². The molecule has 0 fully saturated rings. The summed E-state index contributed by atoms with van der Waals surface area (Å²) in [5.74, 6) is 0. The van der Waals surface area contributed by atoms with Gasteiger partial charge >= 0.3 is 6.18 Å². The first kappa shape index (κ1) is 19.7. The van der Waals surface area contributed by atoms with Crippen molar-refractivity contribution in [1.29, 1.82) is 0 Å². The van der Waals surface area contributed by atoms with E-state index in [1.165, 1.54) is 38.5 Å². The van der Waals surface area contributed by atoms with Crippen LogP contribution in [0.2, 0.25) is 0 Å². The van der Waals surface area contributed by atoms with Gasteiger partial charge in [-0.15, -0.1) is 0 Å². The Morgan fingerprint density at radius 3 is 2.00 bits per heavy atom. The van der Waals surface area contributed by atoms with E-state index in [0.29, 0.717) is 6.42 Å². The summed E-state index contributed by atoms with van der Waals surface area (Å²) in [7, 11) is 0. The van der Waals surface area contributed by atoms with Gasteiger partial charge < -0.3 is 9.84 Å². The Hall–Kier alpha value is -0.290. The average Bonchev–Trinajstić information content (AvgIpc) is 2.37. The van der Waals surface area contributed by atoms with Crippen molar-refractivity contribution in [3.05, 3.63) is 0 Å². The molecule has 1 N–H and O–H groups in total. The summed E-state index contributed by atoms with van der Waals surface area (Å²) >= 11 is 0. The molecule has 0 saturated carbocycles. The molecule has 0 spiro atoms. The Labute approximate surface area is 120 Å². The fourth-order valence-corrected chi connectivity index (χ4v) is 2.07. The van der Waals surface area contributed by atoms with Crippen LogP contribution in [0.1, 0.15) is 71.1 Å². The van der Waals surface area contributed by atoms with Crippen LogP contribution >= 0.6 is 0 Å². The number of rotatable bonds is 13. The molecule has 1 atom stereocenters. The maximum Gasteiger partial charge on any atom is 0.411 e. The predicted octanol–water partition coefficient (Wildman–Crippen LogP) is 4.85. The lowest BCUT2D eigenvalue weighted by Gasteiger charge is -2.11. The van der Waals surface area contributed by atoms with Crippen molar-refractivity contribution in [2.24, 2.45) is 0 Å². The number of alkyl halides is 3. The molecule has 0 rings (SSSR count). The first-order chi connectivity index (χ1) is 9.45. The van der Waals surface area contributed by atoms with E-state index in [0.717, 1.165) is 12.8 Å². The molecule has 0 aliphatic carbocycles. The fourth-order valence-electron chi connectivity index (χ4n) is 2.07. The van der Waals surface area contributed by atoms with Crippen molar-refractivity contribution < 1.29 is 23.0 Å². The molecular weight excluding hydrogens is 269 g/mol. The first-order valence-corrected chi connectivity index (χ1v) is 7.78. The minimum absolute atomic E-state index is 0.0301. The smallest absolute Gasteiger partial charge is 0.393 e. The van der Waals surface area contributed by atoms with Gasteiger partial charge in [0.2, 0.25) is 0 Å². The second kappa shape index (κ2) is 12.5. The van der Waals surface area contributed by atoms with Gasteiger partial charge in [-0.2, -0.15) is 13.2 Å². The lowest BCUT2D eigenvalue weighted by atomic mass is 10.0. The molecule has 1 unspecified atom stereocenters. The number of ether oxygens (including phenoxy) is 1. The van der Waals surface area contributed by atoms with Gasteiger partial charge in [0.25, 0.3) is 0 Å². The second-order valence-corrected chi connectivity index (χ2v) is 5.37. The largest absolute Gasteiger partial charge is 0.411 e. The van der Waals surface area contributed by atoms with E-state index in [2.05, 4.69) is 11.7 Å². The van der Waals surface area contributed by atoms with Crippen molar-refractivity contribution in [3.63, 3.8) is 0 Å². The highest BCUT2D eigenvalue weighted by Gasteiger charge is 2.27. The highest BCUT2D eigenvalue weighted by molar-refractivity contribution is 4.57. The number of halogens is 3. The zero-order chi connectivity index (χ0) is 15.3. The monoisotopic (exact) mass is 298 g/mol. The Morgan fingerprint density at radius 2 is 1.45 bits per heavy atom. The normalized spacial score (nSPS) is 13.7. The van der Waals surface area contributed by atoms with Crippen molar-refractivity contribution in [3.8, 4) is 0 Å². The van der Waals surface area contributed by atoms with Gasteiger partial charge in [-0.25, -0.2) is 0 Å². The molecule has 0 amide bonds. The van der Waals surface area contributed by atoms with Gasteiger partial charge in [-0.3, -0.25) is 0 Å². The van der Waals surface area contributed by atoms with E-state index in [1.54, 1.807) is 0 Å². The van der Waals surface area contributed by atoms with Gasteiger partial charge in [-0.1, -0.05) is 58.3 Å². The maximum absolute atomic E-state index is 11.8. The summed E-state index contributed by atoms with van der Waals surface area (Å²) in [5, 5.41) is 9.59. The number of hydrogen-bond acceptors (Lipinski definition) is 2. The molecule has 2 nitrogen and oxygen atoms in total. The standard InChI is InChI=1S/C15H29F3O2/c1-2-3-4-5-6-7-8-9-10-14(19)11-12-20-13-15(16,17)18/h14,19H,2-13H2,1H3. The van der Waals surface area contributed by atoms with Gasteiger partial charge in [0.05, 0.1) is 6.10 Å². The third-order valence-electron chi connectivity index (χ3n) is 3.25. The van der Waals surface area contributed by atoms with Crippen LogP contribution in [0, 0.1) is 0 Å². The molecule has 0 aliphatic heterocycles. The second-order valence-electron chi connectivity index (χ2n) is 5.37. The zero-order valence-corrected chi connectivity index (χ0v) is 12.6. The first-order valence-electron chi connectivity index (χ1n) is 7.78. The van der Waals surface area contributed by atoms with E-state index in [4.69, 9.17) is 0 Å². The highest BCUT2D eigenvalue weighted by atomic mass is 19.4. The summed E-state index contributed by atoms with van der Waals surface area (Å²) in [4.78, 5) is 0. The van der Waals surface area contributed by atoms with Crippen molar-refractivity contribution in [2.45, 2.75) is 83.4 Å². The summed E-state index contributed by atoms with van der Waals surface area (Å²) in [6.07, 6.45) is 5.71. The van der Waals surface area contributed by atoms with Crippen LogP contribution < -0.4 is 0 Å². The maximum atomic E-state index is 11.8. The number of unbranched alkanes of at least 4 members (excludes halogenated alkanes) is 7. The Balaban J connectivity index is 3.22. The van der Waals surface area contributed by atoms with E-state index in [-0.39, 0.29) is 13.0 Å². The summed E-state index contributed by atoms with van der Waals surface area (Å²) in [5.41, 5.74) is 0. The predicted molar refractivity (Wildman–Crippen MR) is 74.7 cm³/mol. The molecule has 0 aromatic carbocycles. The van der Waals surface area contributed by atoms with Gasteiger partial charge in [0.1, 0.15) is 6.61 Å². The molecule has 0 heterocycles. The SMILES string of the molecule is CCCCCCCCCCC(O)CCOCC(F)(F)F. The lowest BCUT2D eigenvalue weighted by molar-refractivity contribution is -0.175. The Morgan fingerprint density at radius 1 is 0.900 bits per heavy atom. The van der Waals surface area contributed by atoms with Crippen LogP contribution in [0.4, 0.5) is 13.2 Å². The van der Waals surface area contributed by atoms with Gasteiger partial charge in [-0.05, 0) is 12.8 Å². The van der Waals surface area contributed by atoms with E-state index in [9.17, 15) is 18.3 Å². The molecule has 5 heteroatoms. The number of hydrogen-bond donors (Lipinski definition) is 1. The van der Waals surface area contributed by atoms with Crippen LogP contribution in [0.3, 0.4) is 0 Å². The van der Waals surface area contributed by atoms with Gasteiger partial charge in [0.15, 0.2) is 0 Å². The average molecular weight is 298 g/mol. The minimum Gasteiger partial charge on any atom is -0.393 e. The van der Waals surface area contributed by atoms with E-state index in [1.807, 2.05) is 0 Å². The highest BCUT2D eigenvalue weighted by Crippen LogP contribution is 2.15. The van der Waals surface area contributed by atoms with Crippen LogP contribution in [0.25, 0.3) is 0 Å².